The molecule has 0 aromatic carbocycles. The van der Waals surface area contributed by atoms with Gasteiger partial charge in [0.1, 0.15) is 0 Å². The minimum atomic E-state index is -0.507. The Morgan fingerprint density at radius 2 is 2.16 bits per heavy atom. The van der Waals surface area contributed by atoms with Crippen molar-refractivity contribution in [2.24, 2.45) is 0 Å². The maximum atomic E-state index is 12.3. The van der Waals surface area contributed by atoms with Crippen molar-refractivity contribution in [3.8, 4) is 6.07 Å². The standard InChI is InChI=1S/C18H21N3O3S/c1-13-10-16(14(2)21(13)11-15-6-4-9-25-15)18(23)24-12-17(22)20(3)8-5-7-19/h4,6,9-10H,5,8,11-12H2,1-3H3. The highest BCUT2D eigenvalue weighted by molar-refractivity contribution is 7.09. The lowest BCUT2D eigenvalue weighted by molar-refractivity contribution is -0.133. The number of rotatable bonds is 7. The molecule has 7 heteroatoms. The molecule has 2 aromatic heterocycles. The Bertz CT molecular complexity index is 787. The van der Waals surface area contributed by atoms with Crippen LogP contribution in [-0.2, 0) is 16.1 Å². The number of nitrogens with zero attached hydrogens (tertiary/aromatic N) is 3. The van der Waals surface area contributed by atoms with Crippen molar-refractivity contribution in [3.63, 3.8) is 0 Å². The first kappa shape index (κ1) is 18.7. The zero-order chi connectivity index (χ0) is 18.4. The summed E-state index contributed by atoms with van der Waals surface area (Å²) in [6.07, 6.45) is 0.250. The molecule has 0 unspecified atom stereocenters. The third-order valence-corrected chi connectivity index (χ3v) is 4.86. The topological polar surface area (TPSA) is 75.3 Å². The second-order valence-corrected chi connectivity index (χ2v) is 6.78. The van der Waals surface area contributed by atoms with E-state index in [9.17, 15) is 9.59 Å². The van der Waals surface area contributed by atoms with Crippen LogP contribution < -0.4 is 0 Å². The number of carbonyl (C=O) groups excluding carboxylic acids is 2. The van der Waals surface area contributed by atoms with Crippen molar-refractivity contribution in [1.29, 1.82) is 5.26 Å². The SMILES string of the molecule is Cc1cc(C(=O)OCC(=O)N(C)CCC#N)c(C)n1Cc1cccs1. The van der Waals surface area contributed by atoms with Crippen LogP contribution in [0.15, 0.2) is 23.6 Å². The lowest BCUT2D eigenvalue weighted by Crippen LogP contribution is -2.32. The molecule has 0 aliphatic rings. The Morgan fingerprint density at radius 1 is 1.40 bits per heavy atom. The number of ether oxygens (including phenoxy) is 1. The number of carbonyl (C=O) groups is 2. The number of amides is 1. The molecule has 132 valence electrons. The average Bonchev–Trinajstić information content (AvgIpc) is 3.20. The number of aromatic nitrogens is 1. The summed E-state index contributed by atoms with van der Waals surface area (Å²) in [4.78, 5) is 26.8. The van der Waals surface area contributed by atoms with Gasteiger partial charge in [-0.2, -0.15) is 5.26 Å². The fourth-order valence-electron chi connectivity index (χ4n) is 2.47. The van der Waals surface area contributed by atoms with Crippen LogP contribution in [0.5, 0.6) is 0 Å². The van der Waals surface area contributed by atoms with Crippen LogP contribution in [-0.4, -0.2) is 41.5 Å². The van der Waals surface area contributed by atoms with Gasteiger partial charge in [0.05, 0.1) is 24.6 Å². The molecular formula is C18H21N3O3S. The first-order valence-corrected chi connectivity index (χ1v) is 8.79. The van der Waals surface area contributed by atoms with Crippen LogP contribution in [0.4, 0.5) is 0 Å². The summed E-state index contributed by atoms with van der Waals surface area (Å²) in [5, 5.41) is 10.6. The maximum absolute atomic E-state index is 12.3. The fourth-order valence-corrected chi connectivity index (χ4v) is 3.16. The summed E-state index contributed by atoms with van der Waals surface area (Å²) in [5.41, 5.74) is 2.26. The molecule has 0 aliphatic heterocycles. The molecule has 0 N–H and O–H groups in total. The van der Waals surface area contributed by atoms with Crippen LogP contribution in [0.2, 0.25) is 0 Å². The van der Waals surface area contributed by atoms with E-state index < -0.39 is 5.97 Å². The minimum Gasteiger partial charge on any atom is -0.452 e. The first-order valence-electron chi connectivity index (χ1n) is 7.91. The van der Waals surface area contributed by atoms with Crippen molar-refractivity contribution in [2.75, 3.05) is 20.2 Å². The van der Waals surface area contributed by atoms with Crippen LogP contribution in [0, 0.1) is 25.2 Å². The molecule has 0 radical (unpaired) electrons. The van der Waals surface area contributed by atoms with Crippen molar-refractivity contribution in [1.82, 2.24) is 9.47 Å². The summed E-state index contributed by atoms with van der Waals surface area (Å²) in [6.45, 7) is 4.52. The van der Waals surface area contributed by atoms with Crippen LogP contribution in [0.1, 0.15) is 33.0 Å². The summed E-state index contributed by atoms with van der Waals surface area (Å²) >= 11 is 1.67. The van der Waals surface area contributed by atoms with E-state index in [4.69, 9.17) is 10.00 Å². The lowest BCUT2D eigenvalue weighted by atomic mass is 10.2. The quantitative estimate of drug-likeness (QED) is 0.713. The average molecular weight is 359 g/mol. The van der Waals surface area contributed by atoms with Crippen molar-refractivity contribution >= 4 is 23.2 Å². The molecule has 1 amide bonds. The van der Waals surface area contributed by atoms with Crippen molar-refractivity contribution in [2.45, 2.75) is 26.8 Å². The predicted octanol–water partition coefficient (Wildman–Crippen LogP) is 2.74. The Labute approximate surface area is 151 Å². The maximum Gasteiger partial charge on any atom is 0.340 e. The summed E-state index contributed by atoms with van der Waals surface area (Å²) < 4.78 is 7.21. The normalized spacial score (nSPS) is 10.3. The zero-order valence-corrected chi connectivity index (χ0v) is 15.4. The predicted molar refractivity (Wildman–Crippen MR) is 95.5 cm³/mol. The highest BCUT2D eigenvalue weighted by atomic mass is 32.1. The van der Waals surface area contributed by atoms with E-state index in [2.05, 4.69) is 10.6 Å². The minimum absolute atomic E-state index is 0.250. The van der Waals surface area contributed by atoms with E-state index in [0.29, 0.717) is 18.7 Å². The molecule has 2 rings (SSSR count). The number of thiophene rings is 1. The number of hydrogen-bond acceptors (Lipinski definition) is 5. The van der Waals surface area contributed by atoms with Gasteiger partial charge in [-0.1, -0.05) is 6.07 Å². The lowest BCUT2D eigenvalue weighted by Gasteiger charge is -2.15. The van der Waals surface area contributed by atoms with E-state index >= 15 is 0 Å². The van der Waals surface area contributed by atoms with E-state index in [-0.39, 0.29) is 18.9 Å². The third-order valence-electron chi connectivity index (χ3n) is 4.00. The molecule has 0 fully saturated rings. The van der Waals surface area contributed by atoms with Gasteiger partial charge in [-0.15, -0.1) is 11.3 Å². The molecule has 25 heavy (non-hydrogen) atoms. The Morgan fingerprint density at radius 3 is 2.80 bits per heavy atom. The van der Waals surface area contributed by atoms with E-state index in [1.165, 1.54) is 9.78 Å². The van der Waals surface area contributed by atoms with Gasteiger partial charge in [0.15, 0.2) is 6.61 Å². The highest BCUT2D eigenvalue weighted by Crippen LogP contribution is 2.20. The molecule has 0 atom stereocenters. The van der Waals surface area contributed by atoms with Crippen LogP contribution in [0.25, 0.3) is 0 Å². The van der Waals surface area contributed by atoms with Crippen molar-refractivity contribution in [3.05, 3.63) is 45.4 Å². The van der Waals surface area contributed by atoms with Gasteiger partial charge in [0.2, 0.25) is 0 Å². The van der Waals surface area contributed by atoms with E-state index in [0.717, 1.165) is 11.4 Å². The van der Waals surface area contributed by atoms with Gasteiger partial charge in [0, 0.05) is 29.9 Å². The van der Waals surface area contributed by atoms with Gasteiger partial charge in [0.25, 0.3) is 5.91 Å². The summed E-state index contributed by atoms with van der Waals surface area (Å²) in [6, 6.07) is 7.81. The number of esters is 1. The Kier molecular flexibility index (Phi) is 6.37. The molecule has 2 heterocycles. The molecule has 2 aromatic rings. The van der Waals surface area contributed by atoms with Crippen LogP contribution >= 0.6 is 11.3 Å². The number of nitriles is 1. The summed E-state index contributed by atoms with van der Waals surface area (Å²) in [7, 11) is 1.58. The molecular weight excluding hydrogens is 338 g/mol. The van der Waals surface area contributed by atoms with Gasteiger partial charge in [-0.05, 0) is 31.4 Å². The third kappa shape index (κ3) is 4.70. The Balaban J connectivity index is 2.00. The monoisotopic (exact) mass is 359 g/mol. The van der Waals surface area contributed by atoms with Gasteiger partial charge < -0.3 is 14.2 Å². The number of aryl methyl sites for hydroxylation is 1. The van der Waals surface area contributed by atoms with Gasteiger partial charge >= 0.3 is 5.97 Å². The van der Waals surface area contributed by atoms with Gasteiger partial charge in [-0.3, -0.25) is 4.79 Å². The number of likely N-dealkylation sites (N-methyl/N-ethyl adjacent to an activating group) is 1. The van der Waals surface area contributed by atoms with E-state index in [1.807, 2.05) is 31.4 Å². The fraction of sp³-hybridized carbons (Fsp3) is 0.389. The molecule has 0 bridgehead atoms. The smallest absolute Gasteiger partial charge is 0.340 e. The van der Waals surface area contributed by atoms with Crippen molar-refractivity contribution < 1.29 is 14.3 Å². The van der Waals surface area contributed by atoms with E-state index in [1.54, 1.807) is 24.5 Å². The largest absolute Gasteiger partial charge is 0.452 e. The molecule has 0 saturated carbocycles. The first-order chi connectivity index (χ1) is 11.9. The molecule has 0 aliphatic carbocycles. The summed E-state index contributed by atoms with van der Waals surface area (Å²) in [5.74, 6) is -0.830. The second-order valence-electron chi connectivity index (χ2n) is 5.75. The Hall–Kier alpha value is -2.59. The molecule has 0 spiro atoms. The molecule has 0 saturated heterocycles. The van der Waals surface area contributed by atoms with Crippen LogP contribution in [0.3, 0.4) is 0 Å². The zero-order valence-electron chi connectivity index (χ0n) is 14.6. The number of hydrogen-bond donors (Lipinski definition) is 0. The van der Waals surface area contributed by atoms with Gasteiger partial charge in [-0.25, -0.2) is 4.79 Å². The molecule has 6 nitrogen and oxygen atoms in total. The second kappa shape index (κ2) is 8.49. The highest BCUT2D eigenvalue weighted by Gasteiger charge is 2.19.